The van der Waals surface area contributed by atoms with Gasteiger partial charge in [0.1, 0.15) is 0 Å². The number of hydrogen-bond acceptors (Lipinski definition) is 3. The largest absolute Gasteiger partial charge is 0.416 e. The van der Waals surface area contributed by atoms with Crippen LogP contribution in [0.25, 0.3) is 11.3 Å². The predicted molar refractivity (Wildman–Crippen MR) is 92.2 cm³/mol. The van der Waals surface area contributed by atoms with Gasteiger partial charge in [-0.3, -0.25) is 0 Å². The van der Waals surface area contributed by atoms with Crippen molar-refractivity contribution in [2.45, 2.75) is 6.18 Å². The van der Waals surface area contributed by atoms with Gasteiger partial charge >= 0.3 is 6.18 Å². The van der Waals surface area contributed by atoms with Crippen LogP contribution in [0.2, 0.25) is 10.0 Å². The molecule has 3 rings (SSSR count). The second kappa shape index (κ2) is 6.90. The van der Waals surface area contributed by atoms with E-state index in [2.05, 4.69) is 15.3 Å². The number of nitrogens with zero attached hydrogens (tertiary/aromatic N) is 2. The summed E-state index contributed by atoms with van der Waals surface area (Å²) in [6, 6.07) is 11.3. The molecule has 8 heteroatoms. The average molecular weight is 384 g/mol. The Morgan fingerprint density at radius 2 is 1.52 bits per heavy atom. The van der Waals surface area contributed by atoms with Gasteiger partial charge in [0, 0.05) is 27.5 Å². The van der Waals surface area contributed by atoms with Gasteiger partial charge in [-0.15, -0.1) is 0 Å². The fourth-order valence-corrected chi connectivity index (χ4v) is 2.68. The van der Waals surface area contributed by atoms with E-state index in [-0.39, 0.29) is 5.95 Å². The van der Waals surface area contributed by atoms with Gasteiger partial charge in [-0.2, -0.15) is 13.2 Å². The highest BCUT2D eigenvalue weighted by molar-refractivity contribution is 6.35. The van der Waals surface area contributed by atoms with Gasteiger partial charge in [-0.1, -0.05) is 23.2 Å². The highest BCUT2D eigenvalue weighted by Crippen LogP contribution is 2.30. The molecule has 2 aromatic carbocycles. The molecule has 0 aliphatic carbocycles. The first-order valence-electron chi connectivity index (χ1n) is 7.05. The van der Waals surface area contributed by atoms with Crippen LogP contribution in [-0.2, 0) is 6.18 Å². The second-order valence-corrected chi connectivity index (χ2v) is 6.00. The van der Waals surface area contributed by atoms with Crippen LogP contribution in [0.15, 0.2) is 54.7 Å². The van der Waals surface area contributed by atoms with Gasteiger partial charge in [-0.05, 0) is 48.5 Å². The van der Waals surface area contributed by atoms with Crippen LogP contribution in [0, 0.1) is 0 Å². The van der Waals surface area contributed by atoms with Crippen molar-refractivity contribution >= 4 is 34.8 Å². The fraction of sp³-hybridized carbons (Fsp3) is 0.0588. The molecule has 0 unspecified atom stereocenters. The smallest absolute Gasteiger partial charge is 0.324 e. The Labute approximate surface area is 151 Å². The highest BCUT2D eigenvalue weighted by atomic mass is 35.5. The number of rotatable bonds is 3. The Morgan fingerprint density at radius 3 is 2.12 bits per heavy atom. The van der Waals surface area contributed by atoms with Crippen LogP contribution in [-0.4, -0.2) is 9.97 Å². The average Bonchev–Trinajstić information content (AvgIpc) is 2.54. The lowest BCUT2D eigenvalue weighted by Crippen LogP contribution is -2.04. The number of hydrogen-bond donors (Lipinski definition) is 1. The third kappa shape index (κ3) is 4.41. The minimum absolute atomic E-state index is 0.244. The molecule has 0 saturated heterocycles. The summed E-state index contributed by atoms with van der Waals surface area (Å²) < 4.78 is 37.8. The van der Waals surface area contributed by atoms with Gasteiger partial charge in [-0.25, -0.2) is 9.97 Å². The molecule has 0 aliphatic heterocycles. The molecule has 0 fully saturated rings. The molecule has 1 heterocycles. The molecule has 0 bridgehead atoms. The van der Waals surface area contributed by atoms with Crippen LogP contribution in [0.1, 0.15) is 5.56 Å². The normalized spacial score (nSPS) is 11.4. The van der Waals surface area contributed by atoms with Crippen molar-refractivity contribution in [3.8, 4) is 11.3 Å². The maximum absolute atomic E-state index is 12.6. The topological polar surface area (TPSA) is 37.8 Å². The van der Waals surface area contributed by atoms with Crippen molar-refractivity contribution in [1.82, 2.24) is 9.97 Å². The van der Waals surface area contributed by atoms with Crippen LogP contribution >= 0.6 is 23.2 Å². The van der Waals surface area contributed by atoms with Crippen molar-refractivity contribution in [1.29, 1.82) is 0 Å². The summed E-state index contributed by atoms with van der Waals surface area (Å²) in [5.41, 5.74) is 1.000. The van der Waals surface area contributed by atoms with Crippen LogP contribution in [0.5, 0.6) is 0 Å². The molecule has 1 aromatic heterocycles. The summed E-state index contributed by atoms with van der Waals surface area (Å²) in [5.74, 6) is 0.244. The molecule has 0 amide bonds. The molecule has 0 aliphatic rings. The molecule has 3 aromatic rings. The summed E-state index contributed by atoms with van der Waals surface area (Å²) in [6.07, 6.45) is -2.84. The SMILES string of the molecule is FC(F)(F)c1ccc(Nc2nccc(-c3cc(Cl)cc(Cl)c3)n2)cc1. The van der Waals surface area contributed by atoms with Gasteiger partial charge in [0.05, 0.1) is 11.3 Å². The number of halogens is 5. The fourth-order valence-electron chi connectivity index (χ4n) is 2.15. The van der Waals surface area contributed by atoms with Crippen LogP contribution in [0.3, 0.4) is 0 Å². The maximum Gasteiger partial charge on any atom is 0.416 e. The Morgan fingerprint density at radius 1 is 0.880 bits per heavy atom. The van der Waals surface area contributed by atoms with E-state index in [9.17, 15) is 13.2 Å². The zero-order valence-electron chi connectivity index (χ0n) is 12.5. The molecular formula is C17H10Cl2F3N3. The summed E-state index contributed by atoms with van der Waals surface area (Å²) >= 11 is 12.0. The Bertz CT molecular complexity index is 876. The summed E-state index contributed by atoms with van der Waals surface area (Å²) in [7, 11) is 0. The number of aromatic nitrogens is 2. The van der Waals surface area contributed by atoms with E-state index in [1.165, 1.54) is 18.3 Å². The van der Waals surface area contributed by atoms with Gasteiger partial charge in [0.15, 0.2) is 0 Å². The standard InChI is InChI=1S/C17H10Cl2F3N3/c18-12-7-10(8-13(19)9-12)15-5-6-23-16(25-15)24-14-3-1-11(2-4-14)17(20,21)22/h1-9H,(H,23,24,25). The van der Waals surface area contributed by atoms with Gasteiger partial charge in [0.2, 0.25) is 5.95 Å². The molecule has 0 radical (unpaired) electrons. The minimum Gasteiger partial charge on any atom is -0.324 e. The monoisotopic (exact) mass is 383 g/mol. The summed E-state index contributed by atoms with van der Waals surface area (Å²) in [6.45, 7) is 0. The lowest BCUT2D eigenvalue weighted by Gasteiger charge is -2.09. The Kier molecular flexibility index (Phi) is 4.83. The van der Waals surface area contributed by atoms with Crippen molar-refractivity contribution in [3.63, 3.8) is 0 Å². The molecule has 0 spiro atoms. The van der Waals surface area contributed by atoms with Crippen molar-refractivity contribution in [2.24, 2.45) is 0 Å². The zero-order chi connectivity index (χ0) is 18.0. The number of nitrogens with one attached hydrogen (secondary N) is 1. The lowest BCUT2D eigenvalue weighted by atomic mass is 10.1. The van der Waals surface area contributed by atoms with Gasteiger partial charge < -0.3 is 5.32 Å². The van der Waals surface area contributed by atoms with Crippen molar-refractivity contribution < 1.29 is 13.2 Å². The van der Waals surface area contributed by atoms with Crippen molar-refractivity contribution in [2.75, 3.05) is 5.32 Å². The predicted octanol–water partition coefficient (Wildman–Crippen LogP) is 6.21. The highest BCUT2D eigenvalue weighted by Gasteiger charge is 2.29. The first-order chi connectivity index (χ1) is 11.8. The molecule has 3 nitrogen and oxygen atoms in total. The Balaban J connectivity index is 1.84. The van der Waals surface area contributed by atoms with E-state index < -0.39 is 11.7 Å². The van der Waals surface area contributed by atoms with E-state index in [1.807, 2.05) is 0 Å². The van der Waals surface area contributed by atoms with E-state index in [1.54, 1.807) is 24.3 Å². The number of benzene rings is 2. The van der Waals surface area contributed by atoms with E-state index in [0.29, 0.717) is 27.0 Å². The van der Waals surface area contributed by atoms with E-state index in [0.717, 1.165) is 12.1 Å². The van der Waals surface area contributed by atoms with Crippen molar-refractivity contribution in [3.05, 3.63) is 70.3 Å². The van der Waals surface area contributed by atoms with E-state index >= 15 is 0 Å². The quantitative estimate of drug-likeness (QED) is 0.583. The first-order valence-corrected chi connectivity index (χ1v) is 7.81. The van der Waals surface area contributed by atoms with Crippen LogP contribution in [0.4, 0.5) is 24.8 Å². The number of anilines is 2. The summed E-state index contributed by atoms with van der Waals surface area (Å²) in [4.78, 5) is 8.40. The molecule has 1 N–H and O–H groups in total. The minimum atomic E-state index is -4.37. The molecule has 0 atom stereocenters. The third-order valence-electron chi connectivity index (χ3n) is 3.28. The lowest BCUT2D eigenvalue weighted by molar-refractivity contribution is -0.137. The van der Waals surface area contributed by atoms with Gasteiger partial charge in [0.25, 0.3) is 0 Å². The second-order valence-electron chi connectivity index (χ2n) is 5.12. The molecular weight excluding hydrogens is 374 g/mol. The first kappa shape index (κ1) is 17.5. The maximum atomic E-state index is 12.6. The summed E-state index contributed by atoms with van der Waals surface area (Å²) in [5, 5.41) is 3.81. The zero-order valence-corrected chi connectivity index (χ0v) is 14.0. The molecule has 25 heavy (non-hydrogen) atoms. The third-order valence-corrected chi connectivity index (χ3v) is 3.72. The molecule has 128 valence electrons. The van der Waals surface area contributed by atoms with E-state index in [4.69, 9.17) is 23.2 Å². The Hall–Kier alpha value is -2.31. The molecule has 0 saturated carbocycles. The van der Waals surface area contributed by atoms with Crippen LogP contribution < -0.4 is 5.32 Å². The number of alkyl halides is 3.